The van der Waals surface area contributed by atoms with Crippen LogP contribution >= 0.6 is 11.6 Å². The standard InChI is InChI=1S/C11H13ClF3N3/c12-9-5-7(11(13,14)15)6-18-10(9)17-4-3-16-8-1-2-8/h5-6,8,16H,1-4H2,(H,17,18). The maximum atomic E-state index is 12.4. The zero-order chi connectivity index (χ0) is 13.2. The van der Waals surface area contributed by atoms with Gasteiger partial charge < -0.3 is 10.6 Å². The lowest BCUT2D eigenvalue weighted by molar-refractivity contribution is -0.137. The molecule has 0 bridgehead atoms. The second-order valence-electron chi connectivity index (χ2n) is 4.21. The number of rotatable bonds is 5. The summed E-state index contributed by atoms with van der Waals surface area (Å²) in [6.45, 7) is 1.32. The van der Waals surface area contributed by atoms with E-state index in [1.807, 2.05) is 0 Å². The molecule has 100 valence electrons. The Morgan fingerprint density at radius 1 is 1.33 bits per heavy atom. The van der Waals surface area contributed by atoms with Gasteiger partial charge in [-0.3, -0.25) is 0 Å². The molecule has 0 aliphatic heterocycles. The Labute approximate surface area is 108 Å². The Morgan fingerprint density at radius 3 is 2.61 bits per heavy atom. The van der Waals surface area contributed by atoms with Gasteiger partial charge in [-0.05, 0) is 18.9 Å². The third-order valence-corrected chi connectivity index (χ3v) is 2.88. The van der Waals surface area contributed by atoms with Crippen molar-refractivity contribution in [3.05, 3.63) is 22.8 Å². The first kappa shape index (κ1) is 13.4. The summed E-state index contributed by atoms with van der Waals surface area (Å²) in [4.78, 5) is 3.69. The summed E-state index contributed by atoms with van der Waals surface area (Å²) in [6.07, 6.45) is -1.25. The van der Waals surface area contributed by atoms with Crippen LogP contribution in [-0.4, -0.2) is 24.1 Å². The van der Waals surface area contributed by atoms with Crippen LogP contribution in [0, 0.1) is 0 Å². The number of pyridine rings is 1. The quantitative estimate of drug-likeness (QED) is 0.814. The van der Waals surface area contributed by atoms with Gasteiger partial charge in [-0.25, -0.2) is 4.98 Å². The molecule has 18 heavy (non-hydrogen) atoms. The molecule has 1 aliphatic carbocycles. The van der Waals surface area contributed by atoms with Gasteiger partial charge in [-0.1, -0.05) is 11.6 Å². The van der Waals surface area contributed by atoms with E-state index in [0.29, 0.717) is 12.6 Å². The van der Waals surface area contributed by atoms with Crippen molar-refractivity contribution in [2.45, 2.75) is 25.1 Å². The van der Waals surface area contributed by atoms with E-state index < -0.39 is 11.7 Å². The van der Waals surface area contributed by atoms with Gasteiger partial charge >= 0.3 is 6.18 Å². The molecule has 1 fully saturated rings. The minimum Gasteiger partial charge on any atom is -0.368 e. The van der Waals surface area contributed by atoms with Crippen LogP contribution in [0.3, 0.4) is 0 Å². The van der Waals surface area contributed by atoms with Crippen molar-refractivity contribution in [2.24, 2.45) is 0 Å². The van der Waals surface area contributed by atoms with E-state index in [0.717, 1.165) is 18.8 Å². The van der Waals surface area contributed by atoms with E-state index in [9.17, 15) is 13.2 Å². The minimum absolute atomic E-state index is 0.0174. The Balaban J connectivity index is 1.88. The fraction of sp³-hybridized carbons (Fsp3) is 0.545. The highest BCUT2D eigenvalue weighted by Crippen LogP contribution is 2.32. The first-order chi connectivity index (χ1) is 8.47. The topological polar surface area (TPSA) is 37.0 Å². The van der Waals surface area contributed by atoms with Crippen molar-refractivity contribution >= 4 is 17.4 Å². The van der Waals surface area contributed by atoms with Gasteiger partial charge in [0.05, 0.1) is 10.6 Å². The van der Waals surface area contributed by atoms with E-state index in [-0.39, 0.29) is 10.8 Å². The summed E-state index contributed by atoms with van der Waals surface area (Å²) in [7, 11) is 0. The molecule has 0 saturated heterocycles. The van der Waals surface area contributed by atoms with Gasteiger partial charge in [0.1, 0.15) is 5.82 Å². The smallest absolute Gasteiger partial charge is 0.368 e. The molecule has 0 radical (unpaired) electrons. The maximum Gasteiger partial charge on any atom is 0.417 e. The lowest BCUT2D eigenvalue weighted by atomic mass is 10.3. The molecule has 0 unspecified atom stereocenters. The van der Waals surface area contributed by atoms with E-state index in [1.165, 1.54) is 12.8 Å². The summed E-state index contributed by atoms with van der Waals surface area (Å²) in [5.41, 5.74) is -0.839. The predicted octanol–water partition coefficient (Wildman–Crippen LogP) is 2.92. The van der Waals surface area contributed by atoms with Crippen LogP contribution in [0.5, 0.6) is 0 Å². The monoisotopic (exact) mass is 279 g/mol. The molecule has 1 aliphatic rings. The van der Waals surface area contributed by atoms with Crippen molar-refractivity contribution < 1.29 is 13.2 Å². The Morgan fingerprint density at radius 2 is 2.06 bits per heavy atom. The van der Waals surface area contributed by atoms with Crippen LogP contribution in [0.1, 0.15) is 18.4 Å². The van der Waals surface area contributed by atoms with E-state index in [2.05, 4.69) is 15.6 Å². The molecule has 2 rings (SSSR count). The van der Waals surface area contributed by atoms with Crippen molar-refractivity contribution in [1.29, 1.82) is 0 Å². The first-order valence-corrected chi connectivity index (χ1v) is 6.04. The summed E-state index contributed by atoms with van der Waals surface area (Å²) >= 11 is 5.74. The van der Waals surface area contributed by atoms with E-state index >= 15 is 0 Å². The van der Waals surface area contributed by atoms with Crippen LogP contribution in [0.25, 0.3) is 0 Å². The lowest BCUT2D eigenvalue weighted by Gasteiger charge is -2.11. The summed E-state index contributed by atoms with van der Waals surface area (Å²) in [5, 5.41) is 6.15. The molecule has 1 heterocycles. The lowest BCUT2D eigenvalue weighted by Crippen LogP contribution is -2.24. The summed E-state index contributed by atoms with van der Waals surface area (Å²) < 4.78 is 37.1. The highest BCUT2D eigenvalue weighted by atomic mass is 35.5. The second-order valence-corrected chi connectivity index (χ2v) is 4.61. The van der Waals surface area contributed by atoms with Crippen molar-refractivity contribution in [2.75, 3.05) is 18.4 Å². The molecule has 7 heteroatoms. The predicted molar refractivity (Wildman–Crippen MR) is 63.8 cm³/mol. The molecule has 1 aromatic rings. The van der Waals surface area contributed by atoms with Gasteiger partial charge in [0.15, 0.2) is 0 Å². The number of hydrogen-bond donors (Lipinski definition) is 2. The van der Waals surface area contributed by atoms with Crippen LogP contribution in [-0.2, 0) is 6.18 Å². The average molecular weight is 280 g/mol. The van der Waals surface area contributed by atoms with E-state index in [4.69, 9.17) is 11.6 Å². The van der Waals surface area contributed by atoms with Crippen LogP contribution in [0.4, 0.5) is 19.0 Å². The molecule has 0 aromatic carbocycles. The highest BCUT2D eigenvalue weighted by Gasteiger charge is 2.31. The number of alkyl halides is 3. The third-order valence-electron chi connectivity index (χ3n) is 2.60. The van der Waals surface area contributed by atoms with E-state index in [1.54, 1.807) is 0 Å². The van der Waals surface area contributed by atoms with Crippen LogP contribution in [0.2, 0.25) is 5.02 Å². The van der Waals surface area contributed by atoms with Gasteiger partial charge in [-0.2, -0.15) is 13.2 Å². The van der Waals surface area contributed by atoms with Crippen LogP contribution < -0.4 is 10.6 Å². The fourth-order valence-electron chi connectivity index (χ4n) is 1.47. The largest absolute Gasteiger partial charge is 0.417 e. The fourth-order valence-corrected chi connectivity index (χ4v) is 1.70. The number of halogens is 4. The molecule has 1 aromatic heterocycles. The van der Waals surface area contributed by atoms with Gasteiger partial charge in [0.2, 0.25) is 0 Å². The Kier molecular flexibility index (Phi) is 3.97. The number of anilines is 1. The average Bonchev–Trinajstić information content (AvgIpc) is 3.08. The Bertz CT molecular complexity index is 418. The molecule has 2 N–H and O–H groups in total. The van der Waals surface area contributed by atoms with Gasteiger partial charge in [-0.15, -0.1) is 0 Å². The third kappa shape index (κ3) is 3.74. The Hall–Kier alpha value is -1.01. The van der Waals surface area contributed by atoms with Crippen molar-refractivity contribution in [1.82, 2.24) is 10.3 Å². The normalized spacial score (nSPS) is 15.8. The van der Waals surface area contributed by atoms with Gasteiger partial charge in [0, 0.05) is 25.3 Å². The molecule has 0 spiro atoms. The molecular weight excluding hydrogens is 267 g/mol. The highest BCUT2D eigenvalue weighted by molar-refractivity contribution is 6.32. The molecule has 3 nitrogen and oxygen atoms in total. The second kappa shape index (κ2) is 5.32. The van der Waals surface area contributed by atoms with Crippen LogP contribution in [0.15, 0.2) is 12.3 Å². The maximum absolute atomic E-state index is 12.4. The number of nitrogens with one attached hydrogen (secondary N) is 2. The van der Waals surface area contributed by atoms with Crippen molar-refractivity contribution in [3.63, 3.8) is 0 Å². The first-order valence-electron chi connectivity index (χ1n) is 5.67. The van der Waals surface area contributed by atoms with Crippen molar-refractivity contribution in [3.8, 4) is 0 Å². The molecular formula is C11H13ClF3N3. The summed E-state index contributed by atoms with van der Waals surface area (Å²) in [5.74, 6) is 0.280. The summed E-state index contributed by atoms with van der Waals surface area (Å²) in [6, 6.07) is 1.48. The zero-order valence-electron chi connectivity index (χ0n) is 9.52. The number of aromatic nitrogens is 1. The zero-order valence-corrected chi connectivity index (χ0v) is 10.3. The molecule has 1 saturated carbocycles. The minimum atomic E-state index is -4.41. The number of nitrogens with zero attached hydrogens (tertiary/aromatic N) is 1. The van der Waals surface area contributed by atoms with Gasteiger partial charge in [0.25, 0.3) is 0 Å². The molecule has 0 atom stereocenters. The number of hydrogen-bond acceptors (Lipinski definition) is 3. The SMILES string of the molecule is FC(F)(F)c1cnc(NCCNC2CC2)c(Cl)c1. The molecule has 0 amide bonds.